The Morgan fingerprint density at radius 1 is 1.17 bits per heavy atom. The number of benzene rings is 1. The van der Waals surface area contributed by atoms with E-state index in [1.165, 1.54) is 5.56 Å². The zero-order chi connectivity index (χ0) is 24.8. The van der Waals surface area contributed by atoms with E-state index < -0.39 is 16.7 Å². The van der Waals surface area contributed by atoms with E-state index in [0.717, 1.165) is 43.2 Å². The van der Waals surface area contributed by atoms with Crippen LogP contribution < -0.4 is 14.8 Å². The van der Waals surface area contributed by atoms with Gasteiger partial charge in [0.25, 0.3) is 0 Å². The van der Waals surface area contributed by atoms with Gasteiger partial charge < -0.3 is 24.8 Å². The third-order valence-electron chi connectivity index (χ3n) is 11.2. The first-order chi connectivity index (χ1) is 16.3. The Morgan fingerprint density at radius 3 is 2.71 bits per heavy atom. The lowest BCUT2D eigenvalue weighted by molar-refractivity contribution is -0.206. The van der Waals surface area contributed by atoms with Gasteiger partial charge in [0.15, 0.2) is 11.5 Å². The van der Waals surface area contributed by atoms with Crippen molar-refractivity contribution in [1.82, 2.24) is 9.80 Å². The van der Waals surface area contributed by atoms with Crippen molar-refractivity contribution < 1.29 is 19.4 Å². The molecule has 3 spiro atoms. The summed E-state index contributed by atoms with van der Waals surface area (Å²) in [6.45, 7) is 13.1. The van der Waals surface area contributed by atoms with Crippen LogP contribution in [0.1, 0.15) is 59.4 Å². The van der Waals surface area contributed by atoms with Crippen LogP contribution in [0.25, 0.3) is 0 Å². The molecular weight excluding hydrogens is 442 g/mol. The highest BCUT2D eigenvalue weighted by Gasteiger charge is 2.80. The van der Waals surface area contributed by atoms with Crippen LogP contribution in [0.3, 0.4) is 0 Å². The Kier molecular flexibility index (Phi) is 3.77. The van der Waals surface area contributed by atoms with Crippen molar-refractivity contribution >= 4 is 11.6 Å². The normalized spacial score (nSPS) is 43.7. The van der Waals surface area contributed by atoms with E-state index in [2.05, 4.69) is 36.2 Å². The number of amides is 1. The number of hydrogen-bond acceptors (Lipinski definition) is 6. The molecule has 2 unspecified atom stereocenters. The summed E-state index contributed by atoms with van der Waals surface area (Å²) in [4.78, 5) is 18.3. The molecule has 2 N–H and O–H groups in total. The maximum absolute atomic E-state index is 14.0. The molecule has 5 fully saturated rings. The number of piperidine rings is 2. The summed E-state index contributed by atoms with van der Waals surface area (Å²) in [6, 6.07) is 4.28. The number of nitrogens with one attached hydrogen (secondary N) is 1. The summed E-state index contributed by atoms with van der Waals surface area (Å²) in [6.07, 6.45) is 5.94. The molecule has 1 saturated carbocycles. The van der Waals surface area contributed by atoms with E-state index in [9.17, 15) is 9.90 Å². The number of fused-ring (bicyclic) bond motifs is 5. The Balaban J connectivity index is 1.38. The minimum atomic E-state index is -1.01. The van der Waals surface area contributed by atoms with Crippen LogP contribution in [-0.2, 0) is 10.2 Å². The second kappa shape index (κ2) is 6.00. The number of ether oxygens (including phenoxy) is 2. The molecule has 1 aromatic carbocycles. The van der Waals surface area contributed by atoms with E-state index in [1.54, 1.807) is 6.26 Å². The topological polar surface area (TPSA) is 74.3 Å². The zero-order valence-corrected chi connectivity index (χ0v) is 21.7. The highest BCUT2D eigenvalue weighted by molar-refractivity contribution is 5.92. The molecule has 7 nitrogen and oxygen atoms in total. The first-order valence-electron chi connectivity index (χ1n) is 13.0. The van der Waals surface area contributed by atoms with E-state index in [0.29, 0.717) is 12.8 Å². The molecule has 8 rings (SSSR count). The highest BCUT2D eigenvalue weighted by atomic mass is 16.5. The second-order valence-corrected chi connectivity index (χ2v) is 13.3. The van der Waals surface area contributed by atoms with Crippen LogP contribution >= 0.6 is 0 Å². The van der Waals surface area contributed by atoms with Gasteiger partial charge in [0.05, 0.1) is 23.1 Å². The van der Waals surface area contributed by atoms with E-state index >= 15 is 0 Å². The molecule has 7 aliphatic rings. The molecule has 7 heteroatoms. The van der Waals surface area contributed by atoms with Crippen molar-refractivity contribution in [3.63, 3.8) is 0 Å². The third-order valence-corrected chi connectivity index (χ3v) is 11.2. The quantitative estimate of drug-likeness (QED) is 0.595. The number of hydrogen-bond donors (Lipinski definition) is 2. The molecular formula is C28H37N3O4. The van der Waals surface area contributed by atoms with Gasteiger partial charge in [0, 0.05) is 32.1 Å². The Morgan fingerprint density at radius 2 is 1.94 bits per heavy atom. The third kappa shape index (κ3) is 2.21. The minimum Gasteiger partial charge on any atom is -0.480 e. The number of nitrogens with zero attached hydrogens (tertiary/aromatic N) is 2. The molecule has 6 aliphatic heterocycles. The first-order valence-corrected chi connectivity index (χ1v) is 13.0. The van der Waals surface area contributed by atoms with Crippen LogP contribution in [0.2, 0.25) is 0 Å². The van der Waals surface area contributed by atoms with Gasteiger partial charge in [-0.2, -0.15) is 0 Å². The zero-order valence-electron chi connectivity index (χ0n) is 21.7. The van der Waals surface area contributed by atoms with Gasteiger partial charge in [0.1, 0.15) is 11.1 Å². The van der Waals surface area contributed by atoms with Crippen LogP contribution in [0.15, 0.2) is 24.5 Å². The lowest BCUT2D eigenvalue weighted by Gasteiger charge is -2.65. The van der Waals surface area contributed by atoms with Crippen molar-refractivity contribution in [2.45, 2.75) is 81.6 Å². The van der Waals surface area contributed by atoms with Crippen LogP contribution in [-0.4, -0.2) is 69.8 Å². The molecule has 0 radical (unpaired) electrons. The fourth-order valence-electron chi connectivity index (χ4n) is 9.15. The lowest BCUT2D eigenvalue weighted by atomic mass is 9.55. The molecule has 188 valence electrons. The monoisotopic (exact) mass is 479 g/mol. The van der Waals surface area contributed by atoms with Crippen molar-refractivity contribution in [3.05, 3.63) is 30.0 Å². The number of carbonyl (C=O) groups is 1. The van der Waals surface area contributed by atoms with E-state index in [-0.39, 0.29) is 28.2 Å². The van der Waals surface area contributed by atoms with Gasteiger partial charge in [-0.1, -0.05) is 19.9 Å². The summed E-state index contributed by atoms with van der Waals surface area (Å²) >= 11 is 0. The van der Waals surface area contributed by atoms with Gasteiger partial charge in [-0.25, -0.2) is 0 Å². The number of anilines is 1. The van der Waals surface area contributed by atoms with Crippen molar-refractivity contribution in [2.24, 2.45) is 11.3 Å². The highest BCUT2D eigenvalue weighted by Crippen LogP contribution is 2.72. The molecule has 5 atom stereocenters. The predicted molar refractivity (Wildman–Crippen MR) is 133 cm³/mol. The molecule has 1 aromatic rings. The van der Waals surface area contributed by atoms with Gasteiger partial charge in [-0.15, -0.1) is 0 Å². The standard InChI is InChI=1S/C28H37N3O4/c1-23(2)10-12-34-21-18(35-23)8-7-17-20(21)29-15-26(17)14-27-16-31-11-9-25(5,33)28(31,22(32)30(27)6)13-19(27)24(26,3)4/h7-8,10,12,19,29,33H,9,11,13-16H2,1-6H3/t19?,25-,26+,27?,28+/m1/s1. The molecule has 6 heterocycles. The molecule has 4 saturated heterocycles. The van der Waals surface area contributed by atoms with Crippen molar-refractivity contribution in [1.29, 1.82) is 0 Å². The van der Waals surface area contributed by atoms with E-state index in [1.807, 2.05) is 38.8 Å². The number of likely N-dealkylation sites (N-methyl/N-ethyl adjacent to an activating group) is 1. The molecule has 1 amide bonds. The summed E-state index contributed by atoms with van der Waals surface area (Å²) in [5.74, 6) is 1.88. The lowest BCUT2D eigenvalue weighted by Crippen LogP contribution is -2.82. The van der Waals surface area contributed by atoms with Crippen LogP contribution in [0.4, 0.5) is 5.69 Å². The first kappa shape index (κ1) is 22.0. The second-order valence-electron chi connectivity index (χ2n) is 13.3. The summed E-state index contributed by atoms with van der Waals surface area (Å²) < 4.78 is 12.4. The van der Waals surface area contributed by atoms with E-state index in [4.69, 9.17) is 9.47 Å². The Bertz CT molecular complexity index is 1200. The Labute approximate surface area is 207 Å². The molecule has 0 aromatic heterocycles. The molecule has 2 bridgehead atoms. The number of piperazine rings is 1. The van der Waals surface area contributed by atoms with Crippen LogP contribution in [0, 0.1) is 11.3 Å². The predicted octanol–water partition coefficient (Wildman–Crippen LogP) is 3.27. The average molecular weight is 480 g/mol. The SMILES string of the molecule is CN1C(=O)[C@]23CC4C1(CN2CC[C@@]3(C)O)C[C@@]1(CNc2c1ccc1c2OC=CC(C)(C)O1)C4(C)C. The van der Waals surface area contributed by atoms with Gasteiger partial charge >= 0.3 is 0 Å². The smallest absolute Gasteiger partial charge is 0.246 e. The van der Waals surface area contributed by atoms with Crippen LogP contribution in [0.5, 0.6) is 11.5 Å². The fourth-order valence-corrected chi connectivity index (χ4v) is 9.15. The van der Waals surface area contributed by atoms with Gasteiger partial charge in [0.2, 0.25) is 5.91 Å². The molecule has 1 aliphatic carbocycles. The van der Waals surface area contributed by atoms with Crippen molar-refractivity contribution in [2.75, 3.05) is 32.0 Å². The number of carbonyl (C=O) groups excluding carboxylic acids is 1. The Hall–Kier alpha value is -2.25. The maximum atomic E-state index is 14.0. The summed E-state index contributed by atoms with van der Waals surface area (Å²) in [5.41, 5.74) is -0.511. The van der Waals surface area contributed by atoms with Gasteiger partial charge in [-0.05, 0) is 69.1 Å². The number of rotatable bonds is 0. The molecule has 35 heavy (non-hydrogen) atoms. The van der Waals surface area contributed by atoms with Crippen molar-refractivity contribution in [3.8, 4) is 11.5 Å². The fraction of sp³-hybridized carbons (Fsp3) is 0.679. The summed E-state index contributed by atoms with van der Waals surface area (Å²) in [7, 11) is 1.99. The summed E-state index contributed by atoms with van der Waals surface area (Å²) in [5, 5.41) is 15.2. The largest absolute Gasteiger partial charge is 0.480 e. The minimum absolute atomic E-state index is 0.104. The van der Waals surface area contributed by atoms with Gasteiger partial charge in [-0.3, -0.25) is 9.69 Å². The maximum Gasteiger partial charge on any atom is 0.246 e. The number of aliphatic hydroxyl groups is 1. The average Bonchev–Trinajstić information content (AvgIpc) is 3.29.